The summed E-state index contributed by atoms with van der Waals surface area (Å²) >= 11 is 0. The van der Waals surface area contributed by atoms with Gasteiger partial charge in [0, 0.05) is 13.5 Å². The van der Waals surface area contributed by atoms with Gasteiger partial charge in [-0.1, -0.05) is 17.3 Å². The highest BCUT2D eigenvalue weighted by Gasteiger charge is 2.21. The van der Waals surface area contributed by atoms with Gasteiger partial charge in [-0.15, -0.1) is 0 Å². The summed E-state index contributed by atoms with van der Waals surface area (Å²) in [6, 6.07) is 3.61. The van der Waals surface area contributed by atoms with Crippen LogP contribution in [0.3, 0.4) is 0 Å². The maximum atomic E-state index is 11.4. The molecule has 0 unspecified atom stereocenters. The summed E-state index contributed by atoms with van der Waals surface area (Å²) in [5.74, 6) is -0.272. The van der Waals surface area contributed by atoms with Crippen molar-refractivity contribution >= 4 is 5.97 Å². The van der Waals surface area contributed by atoms with Crippen LogP contribution in [0.15, 0.2) is 16.7 Å². The molecule has 2 aromatic rings. The number of aromatic nitrogens is 2. The molecule has 0 aliphatic heterocycles. The van der Waals surface area contributed by atoms with E-state index in [9.17, 15) is 9.90 Å². The first kappa shape index (κ1) is 14.2. The van der Waals surface area contributed by atoms with Gasteiger partial charge < -0.3 is 14.4 Å². The SMILES string of the molecule is COCCc1noc(-c2c(C)ccc(C)c2C(=O)O)n1. The monoisotopic (exact) mass is 276 g/mol. The van der Waals surface area contributed by atoms with Crippen molar-refractivity contribution in [3.05, 3.63) is 34.6 Å². The lowest BCUT2D eigenvalue weighted by atomic mass is 9.97. The molecule has 0 saturated heterocycles. The largest absolute Gasteiger partial charge is 0.478 e. The van der Waals surface area contributed by atoms with E-state index in [0.717, 1.165) is 5.56 Å². The van der Waals surface area contributed by atoms with Gasteiger partial charge >= 0.3 is 5.97 Å². The Kier molecular flexibility index (Phi) is 4.14. The highest BCUT2D eigenvalue weighted by atomic mass is 16.5. The fraction of sp³-hybridized carbons (Fsp3) is 0.357. The van der Waals surface area contributed by atoms with Crippen LogP contribution in [-0.2, 0) is 11.2 Å². The van der Waals surface area contributed by atoms with Gasteiger partial charge in [0.2, 0.25) is 0 Å². The Morgan fingerprint density at radius 3 is 2.70 bits per heavy atom. The number of hydrogen-bond donors (Lipinski definition) is 1. The molecular weight excluding hydrogens is 260 g/mol. The number of aromatic carboxylic acids is 1. The number of carbonyl (C=O) groups is 1. The molecule has 1 heterocycles. The summed E-state index contributed by atoms with van der Waals surface area (Å²) in [4.78, 5) is 15.7. The van der Waals surface area contributed by atoms with Gasteiger partial charge in [0.1, 0.15) is 0 Å². The van der Waals surface area contributed by atoms with Gasteiger partial charge in [-0.05, 0) is 25.0 Å². The van der Waals surface area contributed by atoms with Crippen molar-refractivity contribution in [1.29, 1.82) is 0 Å². The number of carboxylic acid groups (broad SMARTS) is 1. The second kappa shape index (κ2) is 5.83. The highest BCUT2D eigenvalue weighted by molar-refractivity contribution is 5.97. The Balaban J connectivity index is 2.49. The van der Waals surface area contributed by atoms with Gasteiger partial charge in [-0.25, -0.2) is 4.79 Å². The molecule has 0 bridgehead atoms. The summed E-state index contributed by atoms with van der Waals surface area (Å²) < 4.78 is 10.1. The Bertz CT molecular complexity index is 634. The molecule has 0 atom stereocenters. The lowest BCUT2D eigenvalue weighted by Crippen LogP contribution is -2.05. The average Bonchev–Trinajstić information content (AvgIpc) is 2.86. The van der Waals surface area contributed by atoms with Crippen molar-refractivity contribution in [2.24, 2.45) is 0 Å². The van der Waals surface area contributed by atoms with Crippen molar-refractivity contribution in [3.8, 4) is 11.5 Å². The van der Waals surface area contributed by atoms with E-state index in [-0.39, 0.29) is 11.5 Å². The summed E-state index contributed by atoms with van der Waals surface area (Å²) in [6.07, 6.45) is 0.521. The number of rotatable bonds is 5. The van der Waals surface area contributed by atoms with Crippen LogP contribution in [0.4, 0.5) is 0 Å². The van der Waals surface area contributed by atoms with E-state index >= 15 is 0 Å². The van der Waals surface area contributed by atoms with Crippen LogP contribution in [0.2, 0.25) is 0 Å². The van der Waals surface area contributed by atoms with E-state index in [4.69, 9.17) is 9.26 Å². The predicted octanol–water partition coefficient (Wildman–Crippen LogP) is 2.24. The van der Waals surface area contributed by atoms with Crippen molar-refractivity contribution in [2.75, 3.05) is 13.7 Å². The fourth-order valence-corrected chi connectivity index (χ4v) is 2.01. The third-order valence-electron chi connectivity index (χ3n) is 3.05. The van der Waals surface area contributed by atoms with Gasteiger partial charge in [-0.3, -0.25) is 0 Å². The zero-order valence-corrected chi connectivity index (χ0v) is 11.6. The molecule has 6 heteroatoms. The minimum Gasteiger partial charge on any atom is -0.478 e. The number of ether oxygens (including phenoxy) is 1. The van der Waals surface area contributed by atoms with Crippen LogP contribution in [0, 0.1) is 13.8 Å². The van der Waals surface area contributed by atoms with Crippen molar-refractivity contribution in [3.63, 3.8) is 0 Å². The van der Waals surface area contributed by atoms with Gasteiger partial charge in [0.15, 0.2) is 5.82 Å². The zero-order valence-electron chi connectivity index (χ0n) is 11.6. The van der Waals surface area contributed by atoms with Crippen molar-refractivity contribution < 1.29 is 19.2 Å². The molecule has 0 saturated carbocycles. The second-order valence-corrected chi connectivity index (χ2v) is 4.51. The molecule has 106 valence electrons. The van der Waals surface area contributed by atoms with Gasteiger partial charge in [0.05, 0.1) is 17.7 Å². The molecule has 1 aromatic heterocycles. The fourth-order valence-electron chi connectivity index (χ4n) is 2.01. The summed E-state index contributed by atoms with van der Waals surface area (Å²) in [6.45, 7) is 4.05. The molecular formula is C14H16N2O4. The Hall–Kier alpha value is -2.21. The van der Waals surface area contributed by atoms with Crippen LogP contribution in [0.5, 0.6) is 0 Å². The molecule has 0 fully saturated rings. The zero-order chi connectivity index (χ0) is 14.7. The second-order valence-electron chi connectivity index (χ2n) is 4.51. The molecule has 0 radical (unpaired) electrons. The number of nitrogens with zero attached hydrogens (tertiary/aromatic N) is 2. The molecule has 20 heavy (non-hydrogen) atoms. The Morgan fingerprint density at radius 2 is 2.05 bits per heavy atom. The first-order chi connectivity index (χ1) is 9.54. The first-order valence-corrected chi connectivity index (χ1v) is 6.20. The van der Waals surface area contributed by atoms with Crippen LogP contribution in [0.25, 0.3) is 11.5 Å². The number of hydrogen-bond acceptors (Lipinski definition) is 5. The lowest BCUT2D eigenvalue weighted by molar-refractivity contribution is 0.0696. The predicted molar refractivity (Wildman–Crippen MR) is 71.7 cm³/mol. The third-order valence-corrected chi connectivity index (χ3v) is 3.05. The molecule has 2 rings (SSSR count). The summed E-state index contributed by atoms with van der Waals surface area (Å²) in [7, 11) is 1.59. The highest BCUT2D eigenvalue weighted by Crippen LogP contribution is 2.28. The van der Waals surface area contributed by atoms with Crippen LogP contribution in [-0.4, -0.2) is 34.9 Å². The van der Waals surface area contributed by atoms with E-state index < -0.39 is 5.97 Å². The van der Waals surface area contributed by atoms with E-state index in [1.165, 1.54) is 0 Å². The molecule has 0 aliphatic rings. The minimum absolute atomic E-state index is 0.201. The van der Waals surface area contributed by atoms with E-state index in [2.05, 4.69) is 10.1 Å². The third kappa shape index (κ3) is 2.70. The normalized spacial score (nSPS) is 10.8. The molecule has 0 amide bonds. The maximum absolute atomic E-state index is 11.4. The molecule has 1 aromatic carbocycles. The van der Waals surface area contributed by atoms with E-state index in [1.54, 1.807) is 20.1 Å². The standard InChI is InChI=1S/C14H16N2O4/c1-8-4-5-9(2)12(14(17)18)11(8)13-15-10(16-20-13)6-7-19-3/h4-5H,6-7H2,1-3H3,(H,17,18). The first-order valence-electron chi connectivity index (χ1n) is 6.20. The van der Waals surface area contributed by atoms with E-state index in [0.29, 0.717) is 30.0 Å². The number of benzene rings is 1. The molecule has 6 nitrogen and oxygen atoms in total. The maximum Gasteiger partial charge on any atom is 0.336 e. The van der Waals surface area contributed by atoms with Crippen LogP contribution >= 0.6 is 0 Å². The summed E-state index contributed by atoms with van der Waals surface area (Å²) in [5.41, 5.74) is 2.13. The molecule has 0 spiro atoms. The van der Waals surface area contributed by atoms with Crippen molar-refractivity contribution in [1.82, 2.24) is 10.1 Å². The summed E-state index contributed by atoms with van der Waals surface area (Å²) in [5, 5.41) is 13.2. The smallest absolute Gasteiger partial charge is 0.336 e. The molecule has 0 aliphatic carbocycles. The van der Waals surface area contributed by atoms with Crippen LogP contribution in [0.1, 0.15) is 27.3 Å². The Morgan fingerprint density at radius 1 is 1.35 bits per heavy atom. The minimum atomic E-state index is -1.00. The van der Waals surface area contributed by atoms with Crippen LogP contribution < -0.4 is 0 Å². The number of aryl methyl sites for hydroxylation is 2. The lowest BCUT2D eigenvalue weighted by Gasteiger charge is -2.08. The quantitative estimate of drug-likeness (QED) is 0.901. The van der Waals surface area contributed by atoms with Gasteiger partial charge in [-0.2, -0.15) is 4.98 Å². The topological polar surface area (TPSA) is 85.5 Å². The number of carboxylic acids is 1. The average molecular weight is 276 g/mol. The molecule has 1 N–H and O–H groups in total. The Labute approximate surface area is 116 Å². The van der Waals surface area contributed by atoms with Crippen molar-refractivity contribution in [2.45, 2.75) is 20.3 Å². The number of methoxy groups -OCH3 is 1. The van der Waals surface area contributed by atoms with Gasteiger partial charge in [0.25, 0.3) is 5.89 Å². The van der Waals surface area contributed by atoms with E-state index in [1.807, 2.05) is 13.0 Å².